The molecule has 6 nitrogen and oxygen atoms in total. The van der Waals surface area contributed by atoms with Crippen LogP contribution < -0.4 is 4.74 Å². The van der Waals surface area contributed by atoms with Crippen LogP contribution in [-0.2, 0) is 20.9 Å². The van der Waals surface area contributed by atoms with Crippen molar-refractivity contribution in [2.45, 2.75) is 56.9 Å². The van der Waals surface area contributed by atoms with Gasteiger partial charge in [0.25, 0.3) is 0 Å². The first-order chi connectivity index (χ1) is 16.5. The number of esters is 1. The summed E-state index contributed by atoms with van der Waals surface area (Å²) < 4.78 is 13.2. The van der Waals surface area contributed by atoms with E-state index in [1.807, 2.05) is 12.2 Å². The molecule has 34 heavy (non-hydrogen) atoms. The minimum absolute atomic E-state index is 0.252. The molecule has 0 amide bonds. The van der Waals surface area contributed by atoms with E-state index in [1.165, 1.54) is 31.9 Å². The fraction of sp³-hybridized carbons (Fsp3) is 0.429. The zero-order valence-corrected chi connectivity index (χ0v) is 19.6. The molecule has 1 N–H and O–H groups in total. The second-order valence-corrected chi connectivity index (χ2v) is 9.84. The number of allylic oxidation sites excluding steroid dienone is 4. The number of benzene rings is 1. The first-order valence-corrected chi connectivity index (χ1v) is 12.2. The maximum absolute atomic E-state index is 12.9. The van der Waals surface area contributed by atoms with Gasteiger partial charge in [0.1, 0.15) is 5.75 Å². The number of carboxylic acid groups (broad SMARTS) is 1. The number of hydrogen-bond donors (Lipinski definition) is 1. The van der Waals surface area contributed by atoms with E-state index in [0.717, 1.165) is 51.9 Å². The van der Waals surface area contributed by atoms with Crippen molar-refractivity contribution in [3.8, 4) is 5.75 Å². The van der Waals surface area contributed by atoms with Gasteiger partial charge in [0, 0.05) is 23.5 Å². The van der Waals surface area contributed by atoms with E-state index < -0.39 is 5.97 Å². The van der Waals surface area contributed by atoms with Crippen LogP contribution in [-0.4, -0.2) is 35.8 Å². The van der Waals surface area contributed by atoms with E-state index in [0.29, 0.717) is 24.5 Å². The number of rotatable bonds is 4. The van der Waals surface area contributed by atoms with Crippen molar-refractivity contribution in [3.05, 3.63) is 63.9 Å². The van der Waals surface area contributed by atoms with Crippen molar-refractivity contribution in [1.29, 1.82) is 0 Å². The molecule has 1 fully saturated rings. The Hall–Kier alpha value is -3.28. The summed E-state index contributed by atoms with van der Waals surface area (Å²) in [4.78, 5) is 25.0. The number of carbonyl (C=O) groups is 2. The number of hydrogen-bond acceptors (Lipinski definition) is 4. The Morgan fingerprint density at radius 2 is 1.91 bits per heavy atom. The Morgan fingerprint density at radius 3 is 2.62 bits per heavy atom. The number of carbonyl (C=O) groups excluding carboxylic acids is 1. The molecule has 0 spiro atoms. The number of ether oxygens (including phenoxy) is 2. The van der Waals surface area contributed by atoms with Crippen molar-refractivity contribution in [2.24, 2.45) is 5.92 Å². The number of aliphatic carboxylic acids is 1. The maximum atomic E-state index is 12.9. The van der Waals surface area contributed by atoms with Gasteiger partial charge >= 0.3 is 11.9 Å². The van der Waals surface area contributed by atoms with E-state index >= 15 is 0 Å². The van der Waals surface area contributed by atoms with Crippen molar-refractivity contribution in [3.63, 3.8) is 0 Å². The Kier molecular flexibility index (Phi) is 4.94. The smallest absolute Gasteiger partial charge is 0.336 e. The van der Waals surface area contributed by atoms with E-state index in [4.69, 9.17) is 9.47 Å². The number of aromatic nitrogens is 1. The summed E-state index contributed by atoms with van der Waals surface area (Å²) in [5.41, 5.74) is 6.51. The first-order valence-electron chi connectivity index (χ1n) is 12.2. The molecule has 2 aromatic rings. The van der Waals surface area contributed by atoms with Crippen LogP contribution in [0.25, 0.3) is 10.9 Å². The molecule has 2 heterocycles. The zero-order valence-electron chi connectivity index (χ0n) is 19.6. The fourth-order valence-corrected chi connectivity index (χ4v) is 6.63. The van der Waals surface area contributed by atoms with Crippen LogP contribution >= 0.6 is 0 Å². The van der Waals surface area contributed by atoms with Gasteiger partial charge in [-0.25, -0.2) is 4.79 Å². The molecule has 0 bridgehead atoms. The molecule has 1 aliphatic heterocycles. The van der Waals surface area contributed by atoms with Gasteiger partial charge in [-0.1, -0.05) is 37.5 Å². The highest BCUT2D eigenvalue weighted by atomic mass is 16.5. The highest BCUT2D eigenvalue weighted by Crippen LogP contribution is 2.55. The van der Waals surface area contributed by atoms with Crippen LogP contribution in [0.3, 0.4) is 0 Å². The average molecular weight is 460 g/mol. The number of nitrogens with zero attached hydrogens (tertiary/aromatic N) is 1. The van der Waals surface area contributed by atoms with Crippen LogP contribution in [0.5, 0.6) is 5.75 Å². The van der Waals surface area contributed by atoms with Crippen LogP contribution in [0.4, 0.5) is 0 Å². The molecule has 6 heteroatoms. The lowest BCUT2D eigenvalue weighted by atomic mass is 9.76. The molecule has 0 saturated heterocycles. The molecule has 1 saturated carbocycles. The third kappa shape index (κ3) is 3.00. The maximum Gasteiger partial charge on any atom is 0.336 e. The van der Waals surface area contributed by atoms with Crippen LogP contribution in [0.15, 0.2) is 52.6 Å². The topological polar surface area (TPSA) is 77.8 Å². The minimum atomic E-state index is -0.894. The third-order valence-electron chi connectivity index (χ3n) is 8.20. The molecular weight excluding hydrogens is 430 g/mol. The molecule has 6 rings (SSSR count). The Bertz CT molecular complexity index is 1320. The van der Waals surface area contributed by atoms with Crippen molar-refractivity contribution in [2.75, 3.05) is 14.2 Å². The van der Waals surface area contributed by atoms with Gasteiger partial charge in [-0.15, -0.1) is 0 Å². The predicted molar refractivity (Wildman–Crippen MR) is 128 cm³/mol. The van der Waals surface area contributed by atoms with E-state index in [-0.39, 0.29) is 17.8 Å². The van der Waals surface area contributed by atoms with Crippen LogP contribution in [0.1, 0.15) is 61.6 Å². The molecule has 1 aromatic carbocycles. The highest BCUT2D eigenvalue weighted by Gasteiger charge is 2.47. The lowest BCUT2D eigenvalue weighted by Gasteiger charge is -2.29. The molecule has 3 aliphatic carbocycles. The number of methoxy groups -OCH3 is 2. The molecule has 4 aliphatic rings. The van der Waals surface area contributed by atoms with Gasteiger partial charge in [0.15, 0.2) is 0 Å². The molecule has 1 aromatic heterocycles. The Morgan fingerprint density at radius 1 is 1.12 bits per heavy atom. The average Bonchev–Trinajstić information content (AvgIpc) is 3.50. The predicted octanol–water partition coefficient (Wildman–Crippen LogP) is 5.24. The van der Waals surface area contributed by atoms with E-state index in [9.17, 15) is 14.7 Å². The molecular formula is C28H29NO5. The second-order valence-electron chi connectivity index (χ2n) is 9.84. The summed E-state index contributed by atoms with van der Waals surface area (Å²) in [6.07, 6.45) is 10.6. The SMILES string of the molecule is COC(=O)[C@@H]1CC=CC2=C3C(=C3C(=O)O)Cn3c(cc4c(OC)ccc(C5CCCCC5)c43)C21. The van der Waals surface area contributed by atoms with E-state index in [1.54, 1.807) is 7.11 Å². The normalized spacial score (nSPS) is 23.8. The van der Waals surface area contributed by atoms with Crippen molar-refractivity contribution < 1.29 is 24.2 Å². The minimum Gasteiger partial charge on any atom is -0.496 e. The standard InChI is InChI=1S/C28H29NO5/c1-33-22-12-11-16(15-7-4-3-5-8-15)26-19(22)13-21-23-17(9-6-10-18(23)28(32)34-2)24-20(14-29(21)26)25(24)27(30)31/h6,9,11-13,15,18,23H,3-5,7-8,10,14H2,1-2H3,(H,30,31)/t18-,23?/m1/s1. The lowest BCUT2D eigenvalue weighted by Crippen LogP contribution is -2.28. The Labute approximate surface area is 198 Å². The van der Waals surface area contributed by atoms with E-state index in [2.05, 4.69) is 22.8 Å². The van der Waals surface area contributed by atoms with Crippen LogP contribution in [0, 0.1) is 5.92 Å². The molecule has 176 valence electrons. The summed E-state index contributed by atoms with van der Waals surface area (Å²) >= 11 is 0. The molecule has 2 atom stereocenters. The third-order valence-corrected chi connectivity index (χ3v) is 8.20. The summed E-state index contributed by atoms with van der Waals surface area (Å²) in [5.74, 6) is -0.506. The first kappa shape index (κ1) is 21.3. The van der Waals surface area contributed by atoms with Gasteiger partial charge in [-0.2, -0.15) is 0 Å². The van der Waals surface area contributed by atoms with Gasteiger partial charge in [-0.3, -0.25) is 4.79 Å². The zero-order chi connectivity index (χ0) is 23.6. The number of fused-ring (bicyclic) bond motifs is 6. The largest absolute Gasteiger partial charge is 0.496 e. The summed E-state index contributed by atoms with van der Waals surface area (Å²) in [7, 11) is 3.11. The molecule has 1 unspecified atom stereocenters. The van der Waals surface area contributed by atoms with Gasteiger partial charge in [-0.05, 0) is 59.6 Å². The monoisotopic (exact) mass is 459 g/mol. The van der Waals surface area contributed by atoms with Crippen LogP contribution in [0.2, 0.25) is 0 Å². The Balaban J connectivity index is 1.63. The molecule has 0 radical (unpaired) electrons. The second kappa shape index (κ2) is 7.90. The fourth-order valence-electron chi connectivity index (χ4n) is 6.63. The quantitative estimate of drug-likeness (QED) is 0.633. The summed E-state index contributed by atoms with van der Waals surface area (Å²) in [5, 5.41) is 10.9. The highest BCUT2D eigenvalue weighted by molar-refractivity contribution is 6.05. The lowest BCUT2D eigenvalue weighted by molar-refractivity contribution is -0.146. The summed E-state index contributed by atoms with van der Waals surface area (Å²) in [6, 6.07) is 6.43. The van der Waals surface area contributed by atoms with Crippen molar-refractivity contribution in [1.82, 2.24) is 4.57 Å². The van der Waals surface area contributed by atoms with Gasteiger partial charge < -0.3 is 19.1 Å². The van der Waals surface area contributed by atoms with Gasteiger partial charge in [0.05, 0.1) is 31.2 Å². The number of carboxylic acids is 1. The van der Waals surface area contributed by atoms with Gasteiger partial charge in [0.2, 0.25) is 0 Å². The van der Waals surface area contributed by atoms with Crippen molar-refractivity contribution >= 4 is 22.8 Å². The summed E-state index contributed by atoms with van der Waals surface area (Å²) in [6.45, 7) is 0.504.